The van der Waals surface area contributed by atoms with Crippen LogP contribution in [0.5, 0.6) is 0 Å². The van der Waals surface area contributed by atoms with E-state index in [0.717, 1.165) is 39.5 Å². The fraction of sp³-hybridized carbons (Fsp3) is 0.0182. The smallest absolute Gasteiger partial charge is 0.0991 e. The minimum absolute atomic E-state index is 0.625. The molecular weight excluding hydrogens is 717 g/mol. The highest BCUT2D eigenvalue weighted by atomic mass is 15.1. The molecule has 2 aliphatic rings. The molecule has 274 valence electrons. The summed E-state index contributed by atoms with van der Waals surface area (Å²) in [4.78, 5) is 4.59. The van der Waals surface area contributed by atoms with Crippen LogP contribution in [0.15, 0.2) is 206 Å². The van der Waals surface area contributed by atoms with Gasteiger partial charge in [-0.3, -0.25) is 0 Å². The van der Waals surface area contributed by atoms with Gasteiger partial charge in [0.2, 0.25) is 0 Å². The molecule has 9 aromatic rings. The van der Waals surface area contributed by atoms with Crippen LogP contribution in [0, 0.1) is 22.7 Å². The van der Waals surface area contributed by atoms with Crippen molar-refractivity contribution in [1.29, 1.82) is 10.5 Å². The molecule has 0 fully saturated rings. The van der Waals surface area contributed by atoms with Crippen LogP contribution in [0.2, 0.25) is 0 Å². The molecule has 0 saturated carbocycles. The lowest BCUT2D eigenvalue weighted by atomic mass is 9.61. The van der Waals surface area contributed by atoms with Gasteiger partial charge < -0.3 is 9.80 Å². The van der Waals surface area contributed by atoms with E-state index in [4.69, 9.17) is 0 Å². The van der Waals surface area contributed by atoms with Gasteiger partial charge in [0.25, 0.3) is 0 Å². The average Bonchev–Trinajstić information content (AvgIpc) is 3.59. The zero-order valence-electron chi connectivity index (χ0n) is 31.9. The summed E-state index contributed by atoms with van der Waals surface area (Å²) in [5, 5.41) is 21.7. The topological polar surface area (TPSA) is 54.1 Å². The molecule has 1 spiro atoms. The van der Waals surface area contributed by atoms with Gasteiger partial charge in [-0.05, 0) is 141 Å². The van der Waals surface area contributed by atoms with Crippen molar-refractivity contribution in [3.8, 4) is 34.4 Å². The number of benzene rings is 9. The van der Waals surface area contributed by atoms with Gasteiger partial charge in [-0.25, -0.2) is 0 Å². The number of para-hydroxylation sites is 2. The van der Waals surface area contributed by atoms with Crippen LogP contribution in [0.3, 0.4) is 0 Å². The zero-order valence-corrected chi connectivity index (χ0v) is 31.9. The SMILES string of the molecule is N#Cc1ccc(N(c2ccccc2)c2ccc3c(c2)C2(c4ccccc4-3)c3ccccc3-c3ccc(N(c4ccccc4)c4ccc(C#N)cc4)c4cccc2c34)cc1. The second-order valence-electron chi connectivity index (χ2n) is 15.1. The first-order chi connectivity index (χ1) is 29.2. The van der Waals surface area contributed by atoms with Gasteiger partial charge in [0.1, 0.15) is 0 Å². The van der Waals surface area contributed by atoms with E-state index in [2.05, 4.69) is 168 Å². The molecule has 0 amide bonds. The third-order valence-corrected chi connectivity index (χ3v) is 12.1. The highest BCUT2D eigenvalue weighted by molar-refractivity contribution is 6.12. The first-order valence-corrected chi connectivity index (χ1v) is 19.8. The molecule has 11 rings (SSSR count). The van der Waals surface area contributed by atoms with Gasteiger partial charge in [-0.15, -0.1) is 0 Å². The monoisotopic (exact) mass is 750 g/mol. The summed E-state index contributed by atoms with van der Waals surface area (Å²) in [6, 6.07) is 77.4. The fourth-order valence-corrected chi connectivity index (χ4v) is 9.70. The molecule has 0 N–H and O–H groups in total. The predicted octanol–water partition coefficient (Wildman–Crippen LogP) is 13.9. The molecular formula is C55H34N4. The number of anilines is 6. The lowest BCUT2D eigenvalue weighted by Gasteiger charge is -2.41. The molecule has 59 heavy (non-hydrogen) atoms. The van der Waals surface area contributed by atoms with E-state index in [0.29, 0.717) is 11.1 Å². The van der Waals surface area contributed by atoms with Gasteiger partial charge in [0, 0.05) is 33.8 Å². The predicted molar refractivity (Wildman–Crippen MR) is 239 cm³/mol. The molecule has 4 nitrogen and oxygen atoms in total. The van der Waals surface area contributed by atoms with Crippen molar-refractivity contribution in [3.63, 3.8) is 0 Å². The lowest BCUT2D eigenvalue weighted by molar-refractivity contribution is 0.773. The second-order valence-corrected chi connectivity index (χ2v) is 15.1. The summed E-state index contributed by atoms with van der Waals surface area (Å²) < 4.78 is 0. The Bertz CT molecular complexity index is 3180. The van der Waals surface area contributed by atoms with Crippen molar-refractivity contribution in [1.82, 2.24) is 0 Å². The Hall–Kier alpha value is -8.18. The molecule has 1 unspecified atom stereocenters. The number of nitriles is 2. The summed E-state index contributed by atoms with van der Waals surface area (Å²) >= 11 is 0. The van der Waals surface area contributed by atoms with E-state index < -0.39 is 5.41 Å². The minimum Gasteiger partial charge on any atom is -0.310 e. The number of hydrogen-bond donors (Lipinski definition) is 0. The quantitative estimate of drug-likeness (QED) is 0.170. The molecule has 0 aliphatic heterocycles. The molecule has 1 atom stereocenters. The molecule has 9 aromatic carbocycles. The van der Waals surface area contributed by atoms with Gasteiger partial charge in [-0.2, -0.15) is 10.5 Å². The van der Waals surface area contributed by atoms with Crippen molar-refractivity contribution >= 4 is 44.9 Å². The fourth-order valence-electron chi connectivity index (χ4n) is 9.70. The van der Waals surface area contributed by atoms with Crippen LogP contribution in [-0.2, 0) is 5.41 Å². The second kappa shape index (κ2) is 13.5. The number of hydrogen-bond acceptors (Lipinski definition) is 4. The Labute approximate surface area is 343 Å². The van der Waals surface area contributed by atoms with E-state index in [1.807, 2.05) is 60.7 Å². The van der Waals surface area contributed by atoms with Gasteiger partial charge >= 0.3 is 0 Å². The number of fused-ring (bicyclic) bond motifs is 9. The molecule has 0 bridgehead atoms. The first kappa shape index (κ1) is 34.1. The molecule has 0 aromatic heterocycles. The molecule has 0 heterocycles. The summed E-state index contributed by atoms with van der Waals surface area (Å²) in [6.45, 7) is 0. The van der Waals surface area contributed by atoms with E-state index >= 15 is 0 Å². The van der Waals surface area contributed by atoms with E-state index in [9.17, 15) is 10.5 Å². The minimum atomic E-state index is -0.636. The number of nitrogens with zero attached hydrogens (tertiary/aromatic N) is 4. The van der Waals surface area contributed by atoms with E-state index in [-0.39, 0.29) is 0 Å². The molecule has 4 heteroatoms. The van der Waals surface area contributed by atoms with Crippen LogP contribution >= 0.6 is 0 Å². The number of rotatable bonds is 6. The van der Waals surface area contributed by atoms with Crippen molar-refractivity contribution in [2.24, 2.45) is 0 Å². The molecule has 0 radical (unpaired) electrons. The van der Waals surface area contributed by atoms with Crippen molar-refractivity contribution < 1.29 is 0 Å². The standard InChI is InChI=1S/C55H34N4/c56-35-37-22-26-41(27-23-37)58(39-12-3-1-4-13-39)43-30-31-46-44-16-7-9-19-49(44)55(52(46)34-43)50-20-10-8-17-45(50)47-32-33-53(48-18-11-21-51(55)54(47)48)59(40-14-5-2-6-15-40)42-28-24-38(36-57)25-29-42/h1-34H. The summed E-state index contributed by atoms with van der Waals surface area (Å²) in [7, 11) is 0. The first-order valence-electron chi connectivity index (χ1n) is 19.8. The Morgan fingerprint density at radius 3 is 1.41 bits per heavy atom. The molecule has 0 saturated heterocycles. The van der Waals surface area contributed by atoms with E-state index in [1.165, 1.54) is 49.9 Å². The average molecular weight is 751 g/mol. The Balaban J connectivity index is 1.21. The molecule has 2 aliphatic carbocycles. The maximum atomic E-state index is 9.66. The van der Waals surface area contributed by atoms with Crippen LogP contribution in [0.25, 0.3) is 33.0 Å². The third-order valence-electron chi connectivity index (χ3n) is 12.1. The van der Waals surface area contributed by atoms with Gasteiger partial charge in [0.05, 0.1) is 34.4 Å². The normalized spacial score (nSPS) is 14.1. The zero-order chi connectivity index (χ0) is 39.5. The van der Waals surface area contributed by atoms with Crippen molar-refractivity contribution in [2.45, 2.75) is 5.41 Å². The van der Waals surface area contributed by atoms with Crippen LogP contribution in [0.4, 0.5) is 34.1 Å². The van der Waals surface area contributed by atoms with E-state index in [1.54, 1.807) is 0 Å². The van der Waals surface area contributed by atoms with Crippen molar-refractivity contribution in [3.05, 3.63) is 240 Å². The Kier molecular flexibility index (Phi) is 7.80. The Morgan fingerprint density at radius 1 is 0.339 bits per heavy atom. The summed E-state index contributed by atoms with van der Waals surface area (Å²) in [5.41, 5.74) is 16.6. The highest BCUT2D eigenvalue weighted by Gasteiger charge is 2.50. The van der Waals surface area contributed by atoms with Crippen molar-refractivity contribution in [2.75, 3.05) is 9.80 Å². The Morgan fingerprint density at radius 2 is 0.797 bits per heavy atom. The van der Waals surface area contributed by atoms with Gasteiger partial charge in [-0.1, -0.05) is 115 Å². The van der Waals surface area contributed by atoms with Gasteiger partial charge in [0.15, 0.2) is 0 Å². The third kappa shape index (κ3) is 5.08. The largest absolute Gasteiger partial charge is 0.310 e. The maximum Gasteiger partial charge on any atom is 0.0991 e. The maximum absolute atomic E-state index is 9.66. The van der Waals surface area contributed by atoms with Crippen LogP contribution in [0.1, 0.15) is 33.4 Å². The lowest BCUT2D eigenvalue weighted by Crippen LogP contribution is -2.32. The van der Waals surface area contributed by atoms with Crippen LogP contribution < -0.4 is 9.80 Å². The highest BCUT2D eigenvalue weighted by Crippen LogP contribution is 2.63. The summed E-state index contributed by atoms with van der Waals surface area (Å²) in [5.74, 6) is 0. The van der Waals surface area contributed by atoms with Crippen LogP contribution in [-0.4, -0.2) is 0 Å². The summed E-state index contributed by atoms with van der Waals surface area (Å²) in [6.07, 6.45) is 0.